The second-order valence-electron chi connectivity index (χ2n) is 6.52. The molecular formula is C17H25N3O2S. The highest BCUT2D eigenvalue weighted by Gasteiger charge is 2.33. The summed E-state index contributed by atoms with van der Waals surface area (Å²) in [5.41, 5.74) is 1.43. The van der Waals surface area contributed by atoms with Gasteiger partial charge in [0.25, 0.3) is 0 Å². The highest BCUT2D eigenvalue weighted by molar-refractivity contribution is 7.10. The summed E-state index contributed by atoms with van der Waals surface area (Å²) in [6.07, 6.45) is 1.46. The van der Waals surface area contributed by atoms with E-state index in [-0.39, 0.29) is 17.7 Å². The lowest BCUT2D eigenvalue weighted by Crippen LogP contribution is -2.45. The summed E-state index contributed by atoms with van der Waals surface area (Å²) in [6.45, 7) is 8.05. The first-order chi connectivity index (χ1) is 11.1. The maximum absolute atomic E-state index is 12.3. The van der Waals surface area contributed by atoms with E-state index in [4.69, 9.17) is 0 Å². The first kappa shape index (κ1) is 16.5. The summed E-state index contributed by atoms with van der Waals surface area (Å²) < 4.78 is 0. The second kappa shape index (κ2) is 7.01. The van der Waals surface area contributed by atoms with Gasteiger partial charge in [0.05, 0.1) is 5.92 Å². The van der Waals surface area contributed by atoms with Crippen LogP contribution in [0.5, 0.6) is 0 Å². The number of carbonyl (C=O) groups is 2. The molecule has 0 saturated carbocycles. The van der Waals surface area contributed by atoms with Gasteiger partial charge in [-0.1, -0.05) is 0 Å². The van der Waals surface area contributed by atoms with Crippen LogP contribution in [0.3, 0.4) is 0 Å². The van der Waals surface area contributed by atoms with Gasteiger partial charge in [-0.05, 0) is 37.3 Å². The van der Waals surface area contributed by atoms with E-state index in [9.17, 15) is 9.59 Å². The highest BCUT2D eigenvalue weighted by atomic mass is 32.1. The van der Waals surface area contributed by atoms with Crippen LogP contribution in [0.15, 0.2) is 11.4 Å². The average molecular weight is 335 g/mol. The molecule has 2 amide bonds. The molecule has 5 nitrogen and oxygen atoms in total. The summed E-state index contributed by atoms with van der Waals surface area (Å²) in [5.74, 6) is -0.0596. The van der Waals surface area contributed by atoms with Gasteiger partial charge in [0.1, 0.15) is 0 Å². The number of hydrogen-bond acceptors (Lipinski definition) is 4. The number of nitrogens with zero attached hydrogens (tertiary/aromatic N) is 2. The molecular weight excluding hydrogens is 310 g/mol. The molecule has 1 aromatic heterocycles. The van der Waals surface area contributed by atoms with Crippen LogP contribution in [0, 0.1) is 5.92 Å². The fourth-order valence-electron chi connectivity index (χ4n) is 3.42. The molecule has 0 bridgehead atoms. The van der Waals surface area contributed by atoms with Crippen LogP contribution in [0.2, 0.25) is 0 Å². The molecule has 6 heteroatoms. The maximum Gasteiger partial charge on any atom is 0.225 e. The van der Waals surface area contributed by atoms with E-state index < -0.39 is 0 Å². The number of rotatable bonds is 5. The van der Waals surface area contributed by atoms with Gasteiger partial charge >= 0.3 is 0 Å². The molecule has 0 unspecified atom stereocenters. The van der Waals surface area contributed by atoms with Crippen molar-refractivity contribution in [1.29, 1.82) is 0 Å². The van der Waals surface area contributed by atoms with Crippen molar-refractivity contribution < 1.29 is 9.59 Å². The first-order valence-electron chi connectivity index (χ1n) is 8.43. The fraction of sp³-hybridized carbons (Fsp3) is 0.647. The minimum Gasteiger partial charge on any atom is -0.354 e. The zero-order chi connectivity index (χ0) is 16.4. The number of fused-ring (bicyclic) bond motifs is 1. The van der Waals surface area contributed by atoms with Gasteiger partial charge in [-0.25, -0.2) is 0 Å². The Hall–Kier alpha value is -1.40. The van der Waals surface area contributed by atoms with Crippen molar-refractivity contribution in [1.82, 2.24) is 15.1 Å². The Labute approximate surface area is 141 Å². The molecule has 23 heavy (non-hydrogen) atoms. The molecule has 0 radical (unpaired) electrons. The third kappa shape index (κ3) is 3.58. The quantitative estimate of drug-likeness (QED) is 0.887. The van der Waals surface area contributed by atoms with E-state index in [1.165, 1.54) is 10.4 Å². The molecule has 1 saturated heterocycles. The van der Waals surface area contributed by atoms with Gasteiger partial charge in [0, 0.05) is 50.1 Å². The minimum absolute atomic E-state index is 0.0226. The van der Waals surface area contributed by atoms with E-state index in [2.05, 4.69) is 28.6 Å². The van der Waals surface area contributed by atoms with Crippen LogP contribution in [-0.4, -0.2) is 53.8 Å². The van der Waals surface area contributed by atoms with Crippen molar-refractivity contribution in [3.05, 3.63) is 21.9 Å². The summed E-state index contributed by atoms with van der Waals surface area (Å²) in [5, 5.41) is 5.21. The Morgan fingerprint density at radius 1 is 1.52 bits per heavy atom. The molecule has 1 N–H and O–H groups in total. The van der Waals surface area contributed by atoms with E-state index in [1.54, 1.807) is 4.90 Å². The van der Waals surface area contributed by atoms with Crippen molar-refractivity contribution in [2.45, 2.75) is 39.3 Å². The number of thiophene rings is 1. The molecule has 1 aromatic rings. The number of hydrogen-bond donors (Lipinski definition) is 1. The van der Waals surface area contributed by atoms with Crippen LogP contribution >= 0.6 is 11.3 Å². The SMILES string of the molecule is CCN1C[C@@H](C(=O)NC[C@@H](C)N2CCc3sccc3C2)CC1=O. The molecule has 3 heterocycles. The first-order valence-corrected chi connectivity index (χ1v) is 9.31. The van der Waals surface area contributed by atoms with Crippen LogP contribution in [0.4, 0.5) is 0 Å². The Balaban J connectivity index is 1.47. The molecule has 0 spiro atoms. The zero-order valence-electron chi connectivity index (χ0n) is 13.9. The fourth-order valence-corrected chi connectivity index (χ4v) is 4.31. The molecule has 126 valence electrons. The van der Waals surface area contributed by atoms with Crippen LogP contribution in [0.25, 0.3) is 0 Å². The van der Waals surface area contributed by atoms with Crippen molar-refractivity contribution >= 4 is 23.2 Å². The van der Waals surface area contributed by atoms with Gasteiger partial charge < -0.3 is 10.2 Å². The normalized spacial score (nSPS) is 23.0. The van der Waals surface area contributed by atoms with Gasteiger partial charge in [0.2, 0.25) is 11.8 Å². The minimum atomic E-state index is -0.181. The Morgan fingerprint density at radius 3 is 3.09 bits per heavy atom. The number of nitrogens with one attached hydrogen (secondary N) is 1. The lowest BCUT2D eigenvalue weighted by molar-refractivity contribution is -0.128. The third-order valence-corrected chi connectivity index (χ3v) is 6.02. The number of carbonyl (C=O) groups excluding carboxylic acids is 2. The molecule has 2 atom stereocenters. The molecule has 0 aliphatic carbocycles. The monoisotopic (exact) mass is 335 g/mol. The van der Waals surface area contributed by atoms with Crippen LogP contribution < -0.4 is 5.32 Å². The standard InChI is InChI=1S/C17H25N3O2S/c1-3-19-11-14(8-16(19)21)17(22)18-9-12(2)20-6-4-15-13(10-20)5-7-23-15/h5,7,12,14H,3-4,6,8-11H2,1-2H3,(H,18,22)/t12-,14+/m1/s1. The summed E-state index contributed by atoms with van der Waals surface area (Å²) >= 11 is 1.84. The summed E-state index contributed by atoms with van der Waals surface area (Å²) in [7, 11) is 0. The average Bonchev–Trinajstić information content (AvgIpc) is 3.17. The van der Waals surface area contributed by atoms with Crippen molar-refractivity contribution in [3.63, 3.8) is 0 Å². The smallest absolute Gasteiger partial charge is 0.225 e. The summed E-state index contributed by atoms with van der Waals surface area (Å²) in [4.78, 5) is 29.7. The van der Waals surface area contributed by atoms with Gasteiger partial charge in [0.15, 0.2) is 0 Å². The van der Waals surface area contributed by atoms with Crippen molar-refractivity contribution in [3.8, 4) is 0 Å². The second-order valence-corrected chi connectivity index (χ2v) is 7.52. The van der Waals surface area contributed by atoms with E-state index >= 15 is 0 Å². The van der Waals surface area contributed by atoms with E-state index in [0.29, 0.717) is 32.1 Å². The predicted molar refractivity (Wildman–Crippen MR) is 91.3 cm³/mol. The van der Waals surface area contributed by atoms with Gasteiger partial charge in [-0.3, -0.25) is 14.5 Å². The van der Waals surface area contributed by atoms with Crippen molar-refractivity contribution in [2.75, 3.05) is 26.2 Å². The predicted octanol–water partition coefficient (Wildman–Crippen LogP) is 1.48. The molecule has 1 fully saturated rings. The van der Waals surface area contributed by atoms with Gasteiger partial charge in [-0.2, -0.15) is 0 Å². The Bertz CT molecular complexity index is 586. The molecule has 0 aromatic carbocycles. The van der Waals surface area contributed by atoms with Crippen LogP contribution in [-0.2, 0) is 22.6 Å². The van der Waals surface area contributed by atoms with E-state index in [1.807, 2.05) is 18.3 Å². The molecule has 2 aliphatic heterocycles. The van der Waals surface area contributed by atoms with E-state index in [0.717, 1.165) is 19.5 Å². The third-order valence-electron chi connectivity index (χ3n) is 5.00. The topological polar surface area (TPSA) is 52.7 Å². The zero-order valence-corrected chi connectivity index (χ0v) is 14.7. The maximum atomic E-state index is 12.3. The Morgan fingerprint density at radius 2 is 2.35 bits per heavy atom. The van der Waals surface area contributed by atoms with Gasteiger partial charge in [-0.15, -0.1) is 11.3 Å². The van der Waals surface area contributed by atoms with Crippen molar-refractivity contribution in [2.24, 2.45) is 5.92 Å². The summed E-state index contributed by atoms with van der Waals surface area (Å²) in [6, 6.07) is 2.52. The Kier molecular flexibility index (Phi) is 5.02. The lowest BCUT2D eigenvalue weighted by atomic mass is 10.1. The lowest BCUT2D eigenvalue weighted by Gasteiger charge is -2.32. The highest BCUT2D eigenvalue weighted by Crippen LogP contribution is 2.25. The molecule has 3 rings (SSSR count). The van der Waals surface area contributed by atoms with Crippen LogP contribution in [0.1, 0.15) is 30.7 Å². The number of likely N-dealkylation sites (tertiary alicyclic amines) is 1. The number of amides is 2. The largest absolute Gasteiger partial charge is 0.354 e. The molecule has 2 aliphatic rings.